The summed E-state index contributed by atoms with van der Waals surface area (Å²) in [7, 11) is 0. The molecule has 68 valence electrons. The lowest BCUT2D eigenvalue weighted by Gasteiger charge is -2.43. The van der Waals surface area contributed by atoms with E-state index in [9.17, 15) is 5.11 Å². The first-order chi connectivity index (χ1) is 5.59. The van der Waals surface area contributed by atoms with Crippen molar-refractivity contribution in [3.63, 3.8) is 0 Å². The molecular formula is C10H16O2. The van der Waals surface area contributed by atoms with Gasteiger partial charge in [-0.1, -0.05) is 0 Å². The van der Waals surface area contributed by atoms with Crippen molar-refractivity contribution in [3.8, 4) is 0 Å². The minimum Gasteiger partial charge on any atom is -0.495 e. The van der Waals surface area contributed by atoms with Crippen LogP contribution >= 0.6 is 0 Å². The fourth-order valence-corrected chi connectivity index (χ4v) is 2.16. The van der Waals surface area contributed by atoms with Crippen LogP contribution in [-0.2, 0) is 4.74 Å². The molecule has 0 amide bonds. The van der Waals surface area contributed by atoms with Crippen LogP contribution in [0.15, 0.2) is 11.8 Å². The van der Waals surface area contributed by atoms with Crippen molar-refractivity contribution in [3.05, 3.63) is 11.8 Å². The second kappa shape index (κ2) is 2.49. The van der Waals surface area contributed by atoms with Crippen molar-refractivity contribution in [2.75, 3.05) is 0 Å². The number of aliphatic hydroxyl groups is 1. The summed E-state index contributed by atoms with van der Waals surface area (Å²) in [6, 6.07) is 0. The number of fused-ring (bicyclic) bond motifs is 2. The summed E-state index contributed by atoms with van der Waals surface area (Å²) in [5, 5.41) is 9.92. The Morgan fingerprint density at radius 3 is 3.17 bits per heavy atom. The second-order valence-electron chi connectivity index (χ2n) is 4.32. The highest BCUT2D eigenvalue weighted by Gasteiger charge is 2.41. The van der Waals surface area contributed by atoms with Gasteiger partial charge >= 0.3 is 0 Å². The highest BCUT2D eigenvalue weighted by atomic mass is 16.5. The summed E-state index contributed by atoms with van der Waals surface area (Å²) in [5.74, 6) is 0.656. The van der Waals surface area contributed by atoms with Crippen molar-refractivity contribution in [2.45, 2.75) is 44.8 Å². The van der Waals surface area contributed by atoms with Crippen molar-refractivity contribution in [1.29, 1.82) is 0 Å². The fraction of sp³-hybridized carbons (Fsp3) is 0.800. The Kier molecular flexibility index (Phi) is 1.69. The van der Waals surface area contributed by atoms with Gasteiger partial charge in [0.15, 0.2) is 0 Å². The molecule has 1 aliphatic carbocycles. The van der Waals surface area contributed by atoms with E-state index in [1.165, 1.54) is 5.57 Å². The van der Waals surface area contributed by atoms with Crippen LogP contribution in [0.3, 0.4) is 0 Å². The third kappa shape index (κ3) is 1.14. The Bertz CT molecular complexity index is 218. The van der Waals surface area contributed by atoms with Gasteiger partial charge in [-0.05, 0) is 44.6 Å². The quantitative estimate of drug-likeness (QED) is 0.598. The van der Waals surface area contributed by atoms with E-state index in [1.54, 1.807) is 0 Å². The van der Waals surface area contributed by atoms with Gasteiger partial charge in [-0.15, -0.1) is 0 Å². The molecule has 0 aromatic carbocycles. The predicted molar refractivity (Wildman–Crippen MR) is 46.6 cm³/mol. The van der Waals surface area contributed by atoms with Gasteiger partial charge < -0.3 is 9.84 Å². The Morgan fingerprint density at radius 1 is 1.67 bits per heavy atom. The van der Waals surface area contributed by atoms with Gasteiger partial charge in [0.05, 0.1) is 11.9 Å². The van der Waals surface area contributed by atoms with Crippen LogP contribution in [0.5, 0.6) is 0 Å². The molecule has 12 heavy (non-hydrogen) atoms. The first kappa shape index (κ1) is 8.11. The normalized spacial score (nSPS) is 46.4. The van der Waals surface area contributed by atoms with Gasteiger partial charge in [-0.2, -0.15) is 0 Å². The minimum atomic E-state index is -0.603. The van der Waals surface area contributed by atoms with E-state index in [0.717, 1.165) is 19.3 Å². The van der Waals surface area contributed by atoms with E-state index in [-0.39, 0.29) is 6.10 Å². The van der Waals surface area contributed by atoms with Crippen molar-refractivity contribution < 1.29 is 9.84 Å². The predicted octanol–water partition coefficient (Wildman–Crippen LogP) is 1.84. The summed E-state index contributed by atoms with van der Waals surface area (Å²) in [5.41, 5.74) is 0.731. The molecule has 3 atom stereocenters. The van der Waals surface area contributed by atoms with Crippen molar-refractivity contribution in [2.24, 2.45) is 5.92 Å². The molecule has 2 heteroatoms. The Balaban J connectivity index is 2.20. The summed E-state index contributed by atoms with van der Waals surface area (Å²) in [6.45, 7) is 3.99. The fourth-order valence-electron chi connectivity index (χ4n) is 2.16. The van der Waals surface area contributed by atoms with Crippen LogP contribution in [-0.4, -0.2) is 16.8 Å². The van der Waals surface area contributed by atoms with Crippen LogP contribution in [0, 0.1) is 5.92 Å². The molecule has 2 bridgehead atoms. The SMILES string of the molecule is CC1=CO[C@@H]2C[C@H]1CCC2(C)O. The lowest BCUT2D eigenvalue weighted by molar-refractivity contribution is -0.110. The summed E-state index contributed by atoms with van der Waals surface area (Å²) in [6.07, 6.45) is 4.82. The molecule has 2 aliphatic rings. The van der Waals surface area contributed by atoms with Gasteiger partial charge in [-0.25, -0.2) is 0 Å². The maximum Gasteiger partial charge on any atom is 0.127 e. The van der Waals surface area contributed by atoms with Gasteiger partial charge in [0.1, 0.15) is 6.10 Å². The van der Waals surface area contributed by atoms with E-state index < -0.39 is 5.60 Å². The van der Waals surface area contributed by atoms with E-state index in [2.05, 4.69) is 6.92 Å². The van der Waals surface area contributed by atoms with Gasteiger partial charge in [0.25, 0.3) is 0 Å². The molecule has 1 saturated carbocycles. The molecule has 0 aromatic rings. The monoisotopic (exact) mass is 168 g/mol. The molecule has 1 unspecified atom stereocenters. The van der Waals surface area contributed by atoms with Crippen molar-refractivity contribution in [1.82, 2.24) is 0 Å². The second-order valence-corrected chi connectivity index (χ2v) is 4.32. The van der Waals surface area contributed by atoms with E-state index in [0.29, 0.717) is 5.92 Å². The van der Waals surface area contributed by atoms with Gasteiger partial charge in [0, 0.05) is 0 Å². The minimum absolute atomic E-state index is 0.0277. The number of allylic oxidation sites excluding steroid dienone is 1. The maximum atomic E-state index is 9.92. The van der Waals surface area contributed by atoms with Crippen LogP contribution < -0.4 is 0 Å². The molecule has 0 saturated heterocycles. The summed E-state index contributed by atoms with van der Waals surface area (Å²) >= 11 is 0. The standard InChI is InChI=1S/C10H16O2/c1-7-6-12-9-5-8(7)3-4-10(9,2)11/h6,8-9,11H,3-5H2,1-2H3/t8-,9-,10?/m1/s1. The first-order valence-electron chi connectivity index (χ1n) is 4.64. The first-order valence-corrected chi connectivity index (χ1v) is 4.64. The zero-order valence-corrected chi connectivity index (χ0v) is 7.71. The molecule has 1 fully saturated rings. The maximum absolute atomic E-state index is 9.92. The molecule has 2 rings (SSSR count). The average Bonchev–Trinajstić information content (AvgIpc) is 2.02. The molecule has 0 radical (unpaired) electrons. The van der Waals surface area contributed by atoms with E-state index in [4.69, 9.17) is 4.74 Å². The number of hydrogen-bond donors (Lipinski definition) is 1. The number of ether oxygens (including phenoxy) is 1. The number of hydrogen-bond acceptors (Lipinski definition) is 2. The Labute approximate surface area is 73.2 Å². The molecule has 1 aliphatic heterocycles. The third-order valence-corrected chi connectivity index (χ3v) is 3.25. The molecule has 1 heterocycles. The molecule has 1 N–H and O–H groups in total. The van der Waals surface area contributed by atoms with Gasteiger partial charge in [0.2, 0.25) is 0 Å². The molecule has 0 aromatic heterocycles. The number of rotatable bonds is 0. The highest BCUT2D eigenvalue weighted by Crippen LogP contribution is 2.40. The summed E-state index contributed by atoms with van der Waals surface area (Å²) in [4.78, 5) is 0. The molecular weight excluding hydrogens is 152 g/mol. The average molecular weight is 168 g/mol. The zero-order valence-electron chi connectivity index (χ0n) is 7.71. The highest BCUT2D eigenvalue weighted by molar-refractivity contribution is 5.09. The third-order valence-electron chi connectivity index (χ3n) is 3.25. The van der Waals surface area contributed by atoms with Crippen LogP contribution in [0.25, 0.3) is 0 Å². The molecule has 0 spiro atoms. The molecule has 2 nitrogen and oxygen atoms in total. The smallest absolute Gasteiger partial charge is 0.127 e. The van der Waals surface area contributed by atoms with E-state index in [1.807, 2.05) is 13.2 Å². The van der Waals surface area contributed by atoms with Crippen LogP contribution in [0.4, 0.5) is 0 Å². The Hall–Kier alpha value is -0.500. The largest absolute Gasteiger partial charge is 0.495 e. The topological polar surface area (TPSA) is 29.5 Å². The zero-order chi connectivity index (χ0) is 8.77. The summed E-state index contributed by atoms with van der Waals surface area (Å²) < 4.78 is 5.46. The van der Waals surface area contributed by atoms with Gasteiger partial charge in [-0.3, -0.25) is 0 Å². The van der Waals surface area contributed by atoms with Crippen LogP contribution in [0.2, 0.25) is 0 Å². The Morgan fingerprint density at radius 2 is 2.42 bits per heavy atom. The van der Waals surface area contributed by atoms with E-state index >= 15 is 0 Å². The lowest BCUT2D eigenvalue weighted by Crippen LogP contribution is -2.47. The van der Waals surface area contributed by atoms with Crippen LogP contribution in [0.1, 0.15) is 33.1 Å². The van der Waals surface area contributed by atoms with Crippen molar-refractivity contribution >= 4 is 0 Å². The lowest BCUT2D eigenvalue weighted by atomic mass is 9.74.